The minimum Gasteiger partial charge on any atom is -0.330 e. The predicted octanol–water partition coefficient (Wildman–Crippen LogP) is -0.327. The molecule has 0 aliphatic rings. The molecule has 4 heteroatoms. The van der Waals surface area contributed by atoms with Gasteiger partial charge in [0.1, 0.15) is 0 Å². The van der Waals surface area contributed by atoms with Crippen molar-refractivity contribution in [3.8, 4) is 0 Å². The van der Waals surface area contributed by atoms with Crippen LogP contribution in [-0.4, -0.2) is 29.8 Å². The molecule has 0 amide bonds. The predicted molar refractivity (Wildman–Crippen MR) is 36.3 cm³/mol. The van der Waals surface area contributed by atoms with Gasteiger partial charge in [0.15, 0.2) is 0 Å². The van der Waals surface area contributed by atoms with Crippen LogP contribution < -0.4 is 5.73 Å². The van der Waals surface area contributed by atoms with Gasteiger partial charge in [-0.3, -0.25) is 4.21 Å². The fraction of sp³-hybridized carbons (Fsp3) is 1.00. The Morgan fingerprint density at radius 2 is 2.25 bits per heavy atom. The number of hydrogen-bond acceptors (Lipinski definition) is 3. The fourth-order valence-corrected chi connectivity index (χ4v) is 0.930. The van der Waals surface area contributed by atoms with Gasteiger partial charge in [0, 0.05) is 35.3 Å². The molecular weight excluding hydrogens is 124 g/mol. The van der Waals surface area contributed by atoms with Gasteiger partial charge in [0.05, 0.1) is 0 Å². The van der Waals surface area contributed by atoms with E-state index in [0.717, 1.165) is 0 Å². The maximum Gasteiger partial charge on any atom is 0.0448 e. The third-order valence-corrected chi connectivity index (χ3v) is 2.65. The van der Waals surface area contributed by atoms with Gasteiger partial charge in [-0.2, -0.15) is 0 Å². The summed E-state index contributed by atoms with van der Waals surface area (Å²) in [4.78, 5) is 0. The van der Waals surface area contributed by atoms with Crippen molar-refractivity contribution in [3.63, 3.8) is 0 Å². The Labute approximate surface area is 50.5 Å². The van der Waals surface area contributed by atoms with Crippen LogP contribution >= 0.6 is 0 Å². The molecule has 0 saturated heterocycles. The Kier molecular flexibility index (Phi) is 3.01. The van der Waals surface area contributed by atoms with Gasteiger partial charge < -0.3 is 5.73 Å². The van der Waals surface area contributed by atoms with Crippen LogP contribution in [0, 0.1) is 0 Å². The molecule has 8 heavy (non-hydrogen) atoms. The number of nitrogens with zero attached hydrogens (tertiary/aromatic N) is 1. The van der Waals surface area contributed by atoms with Crippen LogP contribution in [0.2, 0.25) is 0 Å². The topological polar surface area (TPSA) is 55.5 Å². The molecule has 3 nitrogen and oxygen atoms in total. The molecule has 0 aromatic rings. The lowest BCUT2D eigenvalue weighted by atomic mass is 10.8. The zero-order chi connectivity index (χ0) is 6.62. The van der Waals surface area contributed by atoms with E-state index in [-0.39, 0.29) is 0 Å². The van der Waals surface area contributed by atoms with Crippen LogP contribution in [0.3, 0.4) is 0 Å². The molecule has 0 spiro atoms. The first kappa shape index (κ1) is 7.91. The number of rotatable bonds is 2. The molecule has 0 radical (unpaired) electrons. The monoisotopic (exact) mass is 136 g/mol. The summed E-state index contributed by atoms with van der Waals surface area (Å²) in [6, 6.07) is 0. The van der Waals surface area contributed by atoms with Crippen molar-refractivity contribution in [2.75, 3.05) is 25.6 Å². The van der Waals surface area contributed by atoms with E-state index in [4.69, 9.17) is 5.73 Å². The maximum atomic E-state index is 10.9. The van der Waals surface area contributed by atoms with Gasteiger partial charge in [-0.25, -0.2) is 4.36 Å². The number of hydrogen-bond donors (Lipinski definition) is 1. The second kappa shape index (κ2) is 3.04. The molecule has 0 aromatic heterocycles. The minimum atomic E-state index is -1.92. The highest BCUT2D eigenvalue weighted by atomic mass is 32.2. The Balaban J connectivity index is 3.96. The summed E-state index contributed by atoms with van der Waals surface area (Å²) in [7, 11) is -0.366. The molecule has 0 bridgehead atoms. The van der Waals surface area contributed by atoms with Crippen LogP contribution in [0.1, 0.15) is 0 Å². The van der Waals surface area contributed by atoms with E-state index in [0.29, 0.717) is 12.3 Å². The van der Waals surface area contributed by atoms with Crippen LogP contribution in [0.15, 0.2) is 4.36 Å². The molecule has 0 unspecified atom stereocenters. The van der Waals surface area contributed by atoms with Crippen LogP contribution in [0.5, 0.6) is 0 Å². The summed E-state index contributed by atoms with van der Waals surface area (Å²) in [5, 5.41) is 0. The molecular formula is C4H12N2OS. The lowest BCUT2D eigenvalue weighted by Crippen LogP contribution is -2.13. The maximum absolute atomic E-state index is 10.9. The summed E-state index contributed by atoms with van der Waals surface area (Å²) in [5.74, 6) is 0.503. The van der Waals surface area contributed by atoms with Gasteiger partial charge in [0.25, 0.3) is 0 Å². The van der Waals surface area contributed by atoms with Crippen molar-refractivity contribution in [1.29, 1.82) is 0 Å². The second-order valence-corrected chi connectivity index (χ2v) is 4.33. The van der Waals surface area contributed by atoms with Crippen molar-refractivity contribution in [3.05, 3.63) is 0 Å². The molecule has 0 heterocycles. The Bertz CT molecular complexity index is 157. The first-order chi connectivity index (χ1) is 3.62. The van der Waals surface area contributed by atoms with E-state index in [2.05, 4.69) is 4.36 Å². The Morgan fingerprint density at radius 3 is 2.38 bits per heavy atom. The van der Waals surface area contributed by atoms with Crippen LogP contribution in [0.25, 0.3) is 0 Å². The second-order valence-electron chi connectivity index (χ2n) is 1.63. The van der Waals surface area contributed by atoms with E-state index in [1.54, 1.807) is 13.3 Å². The van der Waals surface area contributed by atoms with E-state index < -0.39 is 9.73 Å². The standard InChI is InChI=1S/C4H12N2OS/c1-6-8(2,7)4-3-5/h3-5H2,1-2H3/t8-/m0/s1. The van der Waals surface area contributed by atoms with Gasteiger partial charge in [0.2, 0.25) is 0 Å². The van der Waals surface area contributed by atoms with Crippen molar-refractivity contribution < 1.29 is 4.21 Å². The lowest BCUT2D eigenvalue weighted by molar-refractivity contribution is 0.679. The highest BCUT2D eigenvalue weighted by Crippen LogP contribution is 1.84. The van der Waals surface area contributed by atoms with Crippen LogP contribution in [0.4, 0.5) is 0 Å². The van der Waals surface area contributed by atoms with Gasteiger partial charge in [-0.15, -0.1) is 0 Å². The molecule has 2 N–H and O–H groups in total. The lowest BCUT2D eigenvalue weighted by Gasteiger charge is -1.96. The minimum absolute atomic E-state index is 0.451. The van der Waals surface area contributed by atoms with Gasteiger partial charge >= 0.3 is 0 Å². The Hall–Kier alpha value is -0.0900. The summed E-state index contributed by atoms with van der Waals surface area (Å²) >= 11 is 0. The summed E-state index contributed by atoms with van der Waals surface area (Å²) in [6.07, 6.45) is 1.61. The summed E-state index contributed by atoms with van der Waals surface area (Å²) in [5.41, 5.74) is 5.15. The van der Waals surface area contributed by atoms with Crippen molar-refractivity contribution in [2.24, 2.45) is 10.1 Å². The summed E-state index contributed by atoms with van der Waals surface area (Å²) in [6.45, 7) is 0.451. The average Bonchev–Trinajstić information content (AvgIpc) is 1.67. The molecule has 0 aliphatic heterocycles. The van der Waals surface area contributed by atoms with Gasteiger partial charge in [-0.1, -0.05) is 0 Å². The molecule has 50 valence electrons. The SMILES string of the molecule is CN=[S@@](C)(=O)CCN. The molecule has 0 saturated carbocycles. The zero-order valence-electron chi connectivity index (χ0n) is 5.26. The van der Waals surface area contributed by atoms with E-state index in [1.165, 1.54) is 0 Å². The van der Waals surface area contributed by atoms with Crippen molar-refractivity contribution in [2.45, 2.75) is 0 Å². The highest BCUT2D eigenvalue weighted by Gasteiger charge is 1.93. The van der Waals surface area contributed by atoms with E-state index in [9.17, 15) is 4.21 Å². The largest absolute Gasteiger partial charge is 0.330 e. The molecule has 0 fully saturated rings. The molecule has 0 aromatic carbocycles. The summed E-state index contributed by atoms with van der Waals surface area (Å²) < 4.78 is 14.6. The molecule has 0 rings (SSSR count). The van der Waals surface area contributed by atoms with Crippen molar-refractivity contribution >= 4 is 9.73 Å². The van der Waals surface area contributed by atoms with Crippen molar-refractivity contribution in [1.82, 2.24) is 0 Å². The highest BCUT2D eigenvalue weighted by molar-refractivity contribution is 7.92. The third-order valence-electron chi connectivity index (χ3n) is 0.883. The van der Waals surface area contributed by atoms with E-state index >= 15 is 0 Å². The zero-order valence-corrected chi connectivity index (χ0v) is 6.07. The first-order valence-electron chi connectivity index (χ1n) is 2.40. The molecule has 0 aliphatic carbocycles. The first-order valence-corrected chi connectivity index (χ1v) is 4.49. The van der Waals surface area contributed by atoms with Crippen LogP contribution in [-0.2, 0) is 9.73 Å². The number of nitrogens with two attached hydrogens (primary N) is 1. The smallest absolute Gasteiger partial charge is 0.0448 e. The third kappa shape index (κ3) is 2.98. The van der Waals surface area contributed by atoms with E-state index in [1.807, 2.05) is 0 Å². The fourth-order valence-electron chi connectivity index (χ4n) is 0.310. The molecule has 1 atom stereocenters. The van der Waals surface area contributed by atoms with Gasteiger partial charge in [-0.05, 0) is 0 Å². The quantitative estimate of drug-likeness (QED) is 0.565. The Morgan fingerprint density at radius 1 is 1.75 bits per heavy atom. The average molecular weight is 136 g/mol. The normalized spacial score (nSPS) is 17.4.